The van der Waals surface area contributed by atoms with Gasteiger partial charge in [-0.1, -0.05) is 84.4 Å². The Morgan fingerprint density at radius 1 is 0.829 bits per heavy atom. The van der Waals surface area contributed by atoms with Crippen molar-refractivity contribution in [2.45, 2.75) is 26.5 Å². The summed E-state index contributed by atoms with van der Waals surface area (Å²) in [6, 6.07) is 31.7. The van der Waals surface area contributed by atoms with E-state index in [4.69, 9.17) is 0 Å². The molecule has 0 aliphatic rings. The second kappa shape index (κ2) is 9.77. The van der Waals surface area contributed by atoms with Crippen LogP contribution in [0.1, 0.15) is 11.1 Å². The maximum absolute atomic E-state index is 14.1. The van der Waals surface area contributed by atoms with Gasteiger partial charge in [0.2, 0.25) is 0 Å². The Balaban J connectivity index is 1.65. The Morgan fingerprint density at radius 2 is 1.46 bits per heavy atom. The average molecular weight is 465 g/mol. The summed E-state index contributed by atoms with van der Waals surface area (Å²) in [5, 5.41) is 15.3. The zero-order valence-electron chi connectivity index (χ0n) is 20.0. The van der Waals surface area contributed by atoms with E-state index in [9.17, 15) is 9.50 Å². The molecule has 1 heterocycles. The Bertz CT molecular complexity index is 1460. The van der Waals surface area contributed by atoms with Gasteiger partial charge in [-0.25, -0.2) is 4.39 Å². The highest BCUT2D eigenvalue weighted by molar-refractivity contribution is 6.06. The van der Waals surface area contributed by atoms with E-state index in [0.29, 0.717) is 12.2 Å². The summed E-state index contributed by atoms with van der Waals surface area (Å²) in [6.45, 7) is 4.85. The molecule has 4 heteroatoms. The molecule has 0 spiro atoms. The number of aromatic nitrogens is 1. The molecule has 3 nitrogen and oxygen atoms in total. The van der Waals surface area contributed by atoms with E-state index in [-0.39, 0.29) is 12.4 Å². The smallest absolute Gasteiger partial charge is 0.146 e. The first-order chi connectivity index (χ1) is 17.0. The third-order valence-corrected chi connectivity index (χ3v) is 6.40. The van der Waals surface area contributed by atoms with Crippen molar-refractivity contribution in [3.63, 3.8) is 0 Å². The van der Waals surface area contributed by atoms with Gasteiger partial charge in [-0.05, 0) is 48.7 Å². The molecular formula is C31H29FN2O. The number of aliphatic hydroxyl groups is 1. The van der Waals surface area contributed by atoms with Crippen LogP contribution in [0.15, 0.2) is 97.1 Å². The average Bonchev–Trinajstić information content (AvgIpc) is 3.18. The van der Waals surface area contributed by atoms with Crippen LogP contribution in [0, 0.1) is 19.7 Å². The number of fused-ring (bicyclic) bond motifs is 1. The lowest BCUT2D eigenvalue weighted by Gasteiger charge is -2.19. The molecule has 0 fully saturated rings. The Hall–Kier alpha value is -3.89. The number of aryl methyl sites for hydroxylation is 2. The Labute approximate surface area is 205 Å². The molecule has 1 unspecified atom stereocenters. The van der Waals surface area contributed by atoms with Crippen LogP contribution in [0.25, 0.3) is 33.3 Å². The molecule has 0 radical (unpaired) electrons. The number of anilines is 1. The minimum Gasteiger partial charge on any atom is -0.389 e. The highest BCUT2D eigenvalue weighted by atomic mass is 19.1. The highest BCUT2D eigenvalue weighted by Crippen LogP contribution is 2.42. The lowest BCUT2D eigenvalue weighted by molar-refractivity contribution is 0.168. The number of rotatable bonds is 7. The van der Waals surface area contributed by atoms with Gasteiger partial charge in [-0.3, -0.25) is 0 Å². The van der Waals surface area contributed by atoms with Crippen molar-refractivity contribution in [3.05, 3.63) is 114 Å². The van der Waals surface area contributed by atoms with Crippen molar-refractivity contribution in [3.8, 4) is 22.4 Å². The minimum atomic E-state index is -0.725. The van der Waals surface area contributed by atoms with Crippen molar-refractivity contribution in [1.29, 1.82) is 0 Å². The molecule has 0 bridgehead atoms. The maximum Gasteiger partial charge on any atom is 0.146 e. The van der Waals surface area contributed by atoms with E-state index in [1.807, 2.05) is 24.3 Å². The van der Waals surface area contributed by atoms with Gasteiger partial charge in [0.1, 0.15) is 5.82 Å². The lowest BCUT2D eigenvalue weighted by Crippen LogP contribution is -2.25. The fraction of sp³-hybridized carbons (Fsp3) is 0.161. The number of nitrogens with zero attached hydrogens (tertiary/aromatic N) is 1. The van der Waals surface area contributed by atoms with Gasteiger partial charge < -0.3 is 15.0 Å². The number of para-hydroxylation sites is 1. The number of aliphatic hydroxyl groups excluding tert-OH is 1. The second-order valence-corrected chi connectivity index (χ2v) is 9.06. The summed E-state index contributed by atoms with van der Waals surface area (Å²) in [6.07, 6.45) is -0.725. The molecule has 1 aromatic heterocycles. The molecule has 5 rings (SSSR count). The minimum absolute atomic E-state index is 0.237. The normalized spacial score (nSPS) is 12.1. The number of halogens is 1. The zero-order valence-corrected chi connectivity index (χ0v) is 20.0. The second-order valence-electron chi connectivity index (χ2n) is 9.06. The fourth-order valence-corrected chi connectivity index (χ4v) is 4.97. The molecule has 5 aromatic rings. The van der Waals surface area contributed by atoms with Gasteiger partial charge in [0.25, 0.3) is 0 Å². The molecule has 0 saturated carbocycles. The molecule has 2 N–H and O–H groups in total. The molecule has 0 aliphatic carbocycles. The SMILES string of the molecule is Cc1cc(C)c2c(c1)c(-c1ccccc1)c(-c1ccccc1)n2CC(O)CNc1ccccc1F. The van der Waals surface area contributed by atoms with E-state index in [1.54, 1.807) is 18.2 Å². The largest absolute Gasteiger partial charge is 0.389 e. The van der Waals surface area contributed by atoms with Gasteiger partial charge in [0, 0.05) is 17.5 Å². The summed E-state index contributed by atoms with van der Waals surface area (Å²) < 4.78 is 16.3. The van der Waals surface area contributed by atoms with Crippen molar-refractivity contribution in [2.75, 3.05) is 11.9 Å². The van der Waals surface area contributed by atoms with E-state index in [1.165, 1.54) is 17.0 Å². The molecule has 4 aromatic carbocycles. The quantitative estimate of drug-likeness (QED) is 0.267. The molecule has 35 heavy (non-hydrogen) atoms. The first-order valence-electron chi connectivity index (χ1n) is 11.9. The van der Waals surface area contributed by atoms with E-state index < -0.39 is 6.10 Å². The zero-order chi connectivity index (χ0) is 24.4. The summed E-state index contributed by atoms with van der Waals surface area (Å²) >= 11 is 0. The first kappa shape index (κ1) is 22.9. The van der Waals surface area contributed by atoms with Gasteiger partial charge in [-0.2, -0.15) is 0 Å². The van der Waals surface area contributed by atoms with E-state index in [2.05, 4.69) is 72.3 Å². The van der Waals surface area contributed by atoms with Crippen LogP contribution >= 0.6 is 0 Å². The van der Waals surface area contributed by atoms with Crippen LogP contribution < -0.4 is 5.32 Å². The molecule has 0 saturated heterocycles. The third-order valence-electron chi connectivity index (χ3n) is 6.40. The molecule has 0 aliphatic heterocycles. The summed E-state index contributed by atoms with van der Waals surface area (Å²) in [7, 11) is 0. The van der Waals surface area contributed by atoms with Crippen molar-refractivity contribution in [2.24, 2.45) is 0 Å². The molecule has 1 atom stereocenters. The monoisotopic (exact) mass is 464 g/mol. The summed E-state index contributed by atoms with van der Waals surface area (Å²) in [5.41, 5.74) is 8.33. The van der Waals surface area contributed by atoms with Crippen LogP contribution in [-0.2, 0) is 6.54 Å². The third kappa shape index (κ3) is 4.58. The Kier molecular flexibility index (Phi) is 6.39. The van der Waals surface area contributed by atoms with Gasteiger partial charge in [0.15, 0.2) is 0 Å². The summed E-state index contributed by atoms with van der Waals surface area (Å²) in [5.74, 6) is -0.325. The predicted molar refractivity (Wildman–Crippen MR) is 143 cm³/mol. The Morgan fingerprint density at radius 3 is 2.14 bits per heavy atom. The highest BCUT2D eigenvalue weighted by Gasteiger charge is 2.23. The maximum atomic E-state index is 14.1. The molecule has 0 amide bonds. The molecular weight excluding hydrogens is 435 g/mol. The lowest BCUT2D eigenvalue weighted by atomic mass is 9.97. The fourth-order valence-electron chi connectivity index (χ4n) is 4.97. The van der Waals surface area contributed by atoms with Crippen LogP contribution in [0.2, 0.25) is 0 Å². The van der Waals surface area contributed by atoms with Crippen LogP contribution in [0.5, 0.6) is 0 Å². The predicted octanol–water partition coefficient (Wildman–Crippen LogP) is 7.20. The molecule has 176 valence electrons. The van der Waals surface area contributed by atoms with Crippen LogP contribution in [-0.4, -0.2) is 22.3 Å². The van der Waals surface area contributed by atoms with Crippen LogP contribution in [0.4, 0.5) is 10.1 Å². The topological polar surface area (TPSA) is 37.2 Å². The number of hydrogen-bond acceptors (Lipinski definition) is 2. The van der Waals surface area contributed by atoms with Crippen molar-refractivity contribution in [1.82, 2.24) is 4.57 Å². The standard InChI is InChI=1S/C31H29FN2O/c1-21-17-22(2)30-26(18-21)29(23-11-5-3-6-12-23)31(24-13-7-4-8-14-24)34(30)20-25(35)19-33-28-16-10-9-15-27(28)32/h3-18,25,33,35H,19-20H2,1-2H3. The number of benzene rings is 4. The first-order valence-corrected chi connectivity index (χ1v) is 11.9. The van der Waals surface area contributed by atoms with Crippen molar-refractivity contribution >= 4 is 16.6 Å². The summed E-state index contributed by atoms with van der Waals surface area (Å²) in [4.78, 5) is 0. The van der Waals surface area contributed by atoms with E-state index >= 15 is 0 Å². The number of hydrogen-bond donors (Lipinski definition) is 2. The number of nitrogens with one attached hydrogen (secondary N) is 1. The van der Waals surface area contributed by atoms with Crippen molar-refractivity contribution < 1.29 is 9.50 Å². The van der Waals surface area contributed by atoms with Gasteiger partial charge in [-0.15, -0.1) is 0 Å². The van der Waals surface area contributed by atoms with Crippen LogP contribution in [0.3, 0.4) is 0 Å². The van der Waals surface area contributed by atoms with Gasteiger partial charge >= 0.3 is 0 Å². The van der Waals surface area contributed by atoms with Gasteiger partial charge in [0.05, 0.1) is 29.5 Å². The van der Waals surface area contributed by atoms with E-state index in [0.717, 1.165) is 33.5 Å².